The summed E-state index contributed by atoms with van der Waals surface area (Å²) >= 11 is 0. The Labute approximate surface area is 58.7 Å². The molecule has 54 valence electrons. The Morgan fingerprint density at radius 1 is 1.80 bits per heavy atom. The maximum atomic E-state index is 10.5. The number of hydrogen-bond donors (Lipinski definition) is 0. The average Bonchev–Trinajstić information content (AvgIpc) is 1.98. The summed E-state index contributed by atoms with van der Waals surface area (Å²) in [5.41, 5.74) is -0.225. The van der Waals surface area contributed by atoms with Crippen molar-refractivity contribution in [3.05, 3.63) is 12.2 Å². The highest BCUT2D eigenvalue weighted by Crippen LogP contribution is 1.90. The second-order valence-electron chi connectivity index (χ2n) is 1.43. The summed E-state index contributed by atoms with van der Waals surface area (Å²) in [5.74, 6) is -0.746. The predicted octanol–water partition coefficient (Wildman–Crippen LogP) is 0.213. The summed E-state index contributed by atoms with van der Waals surface area (Å²) in [5, 5.41) is 8.11. The molecule has 0 aliphatic rings. The molecule has 0 aromatic rings. The number of carbonyl (C=O) groups is 1. The van der Waals surface area contributed by atoms with E-state index in [-0.39, 0.29) is 12.4 Å². The summed E-state index contributed by atoms with van der Waals surface area (Å²) < 4.78 is 8.77. The molecule has 0 aliphatic heterocycles. The minimum atomic E-state index is -0.746. The lowest BCUT2D eigenvalue weighted by Crippen LogP contribution is -2.07. The lowest BCUT2D eigenvalue weighted by atomic mass is 10.3. The highest BCUT2D eigenvalue weighted by atomic mass is 16.7. The molecule has 0 unspecified atom stereocenters. The van der Waals surface area contributed by atoms with Gasteiger partial charge < -0.3 is 9.47 Å². The summed E-state index contributed by atoms with van der Waals surface area (Å²) in [4.78, 5) is 10.5. The Morgan fingerprint density at radius 3 is 2.80 bits per heavy atom. The van der Waals surface area contributed by atoms with Crippen LogP contribution in [0.4, 0.5) is 0 Å². The van der Waals surface area contributed by atoms with E-state index in [2.05, 4.69) is 16.1 Å². The lowest BCUT2D eigenvalue weighted by molar-refractivity contribution is -0.148. The van der Waals surface area contributed by atoms with Crippen LogP contribution in [0.2, 0.25) is 0 Å². The average molecular weight is 141 g/mol. The van der Waals surface area contributed by atoms with Gasteiger partial charge in [-0.2, -0.15) is 5.26 Å². The van der Waals surface area contributed by atoms with Crippen LogP contribution in [0.5, 0.6) is 0 Å². The van der Waals surface area contributed by atoms with Gasteiger partial charge in [0.2, 0.25) is 0 Å². The summed E-state index contributed by atoms with van der Waals surface area (Å²) in [6, 6.07) is 1.55. The molecule has 0 aliphatic carbocycles. The van der Waals surface area contributed by atoms with Crippen molar-refractivity contribution in [3.63, 3.8) is 0 Å². The molecule has 4 heteroatoms. The normalized spacial score (nSPS) is 8.00. The Hall–Kier alpha value is -1.34. The monoisotopic (exact) mass is 141 g/mol. The summed E-state index contributed by atoms with van der Waals surface area (Å²) in [6.07, 6.45) is 0. The molecule has 0 amide bonds. The maximum absolute atomic E-state index is 10.5. The van der Waals surface area contributed by atoms with E-state index in [9.17, 15) is 4.79 Å². The zero-order valence-corrected chi connectivity index (χ0v) is 5.59. The van der Waals surface area contributed by atoms with Crippen LogP contribution in [-0.2, 0) is 14.3 Å². The molecule has 0 heterocycles. The number of esters is 1. The van der Waals surface area contributed by atoms with Gasteiger partial charge >= 0.3 is 5.97 Å². The molecular formula is C6H7NO3. The van der Waals surface area contributed by atoms with Gasteiger partial charge in [0.05, 0.1) is 0 Å². The zero-order chi connectivity index (χ0) is 7.98. The van der Waals surface area contributed by atoms with Crippen LogP contribution < -0.4 is 0 Å². The van der Waals surface area contributed by atoms with Crippen LogP contribution in [0.3, 0.4) is 0 Å². The summed E-state index contributed by atoms with van der Waals surface area (Å²) in [7, 11) is 1.38. The van der Waals surface area contributed by atoms with Gasteiger partial charge in [-0.05, 0) is 0 Å². The van der Waals surface area contributed by atoms with Gasteiger partial charge in [-0.25, -0.2) is 4.79 Å². The van der Waals surface area contributed by atoms with Gasteiger partial charge in [0.15, 0.2) is 6.79 Å². The number of carbonyl (C=O) groups excluding carboxylic acids is 1. The lowest BCUT2D eigenvalue weighted by Gasteiger charge is -1.98. The minimum Gasteiger partial charge on any atom is -0.434 e. The fourth-order valence-corrected chi connectivity index (χ4v) is 0.245. The Bertz CT molecular complexity index is 180. The van der Waals surface area contributed by atoms with E-state index in [1.165, 1.54) is 7.11 Å². The molecule has 0 saturated heterocycles. The van der Waals surface area contributed by atoms with E-state index in [1.54, 1.807) is 6.07 Å². The number of rotatable bonds is 3. The summed E-state index contributed by atoms with van der Waals surface area (Å²) in [6.45, 7) is 2.98. The van der Waals surface area contributed by atoms with Crippen LogP contribution in [0.25, 0.3) is 0 Å². The third kappa shape index (κ3) is 2.84. The van der Waals surface area contributed by atoms with Crippen molar-refractivity contribution in [2.24, 2.45) is 0 Å². The standard InChI is InChI=1S/C6H7NO3/c1-5(3-7)6(8)10-4-9-2/h1,4H2,2H3. The van der Waals surface area contributed by atoms with Crippen molar-refractivity contribution < 1.29 is 14.3 Å². The first-order chi connectivity index (χ1) is 4.72. The first-order valence-corrected chi connectivity index (χ1v) is 2.47. The smallest absolute Gasteiger partial charge is 0.350 e. The molecule has 0 fully saturated rings. The van der Waals surface area contributed by atoms with Gasteiger partial charge in [-0.1, -0.05) is 6.58 Å². The van der Waals surface area contributed by atoms with E-state index in [0.29, 0.717) is 0 Å². The molecule has 0 aromatic carbocycles. The van der Waals surface area contributed by atoms with E-state index < -0.39 is 5.97 Å². The second kappa shape index (κ2) is 4.53. The molecular weight excluding hydrogens is 134 g/mol. The number of ether oxygens (including phenoxy) is 2. The van der Waals surface area contributed by atoms with Gasteiger partial charge in [0.1, 0.15) is 11.6 Å². The van der Waals surface area contributed by atoms with Crippen LogP contribution >= 0.6 is 0 Å². The van der Waals surface area contributed by atoms with Crippen molar-refractivity contribution in [2.45, 2.75) is 0 Å². The van der Waals surface area contributed by atoms with E-state index in [4.69, 9.17) is 5.26 Å². The maximum Gasteiger partial charge on any atom is 0.350 e. The van der Waals surface area contributed by atoms with Crippen LogP contribution in [0.1, 0.15) is 0 Å². The zero-order valence-electron chi connectivity index (χ0n) is 5.59. The first kappa shape index (κ1) is 8.66. The number of hydrogen-bond acceptors (Lipinski definition) is 4. The van der Waals surface area contributed by atoms with Crippen molar-refractivity contribution >= 4 is 5.97 Å². The molecule has 10 heavy (non-hydrogen) atoms. The third-order valence-corrected chi connectivity index (χ3v) is 0.689. The molecule has 0 radical (unpaired) electrons. The van der Waals surface area contributed by atoms with Gasteiger partial charge in [-0.15, -0.1) is 0 Å². The van der Waals surface area contributed by atoms with Gasteiger partial charge in [0.25, 0.3) is 0 Å². The molecule has 0 spiro atoms. The predicted molar refractivity (Wildman–Crippen MR) is 32.7 cm³/mol. The largest absolute Gasteiger partial charge is 0.434 e. The fraction of sp³-hybridized carbons (Fsp3) is 0.333. The Morgan fingerprint density at radius 2 is 2.40 bits per heavy atom. The van der Waals surface area contributed by atoms with E-state index >= 15 is 0 Å². The Kier molecular flexibility index (Phi) is 3.92. The fourth-order valence-electron chi connectivity index (χ4n) is 0.245. The van der Waals surface area contributed by atoms with Crippen molar-refractivity contribution in [3.8, 4) is 6.07 Å². The molecule has 0 aromatic heterocycles. The highest BCUT2D eigenvalue weighted by molar-refractivity contribution is 5.91. The topological polar surface area (TPSA) is 59.3 Å². The molecule has 0 N–H and O–H groups in total. The minimum absolute atomic E-state index is 0.153. The number of methoxy groups -OCH3 is 1. The van der Waals surface area contributed by atoms with E-state index in [1.807, 2.05) is 0 Å². The van der Waals surface area contributed by atoms with Gasteiger partial charge in [0, 0.05) is 7.11 Å². The first-order valence-electron chi connectivity index (χ1n) is 2.47. The molecule has 0 bridgehead atoms. The third-order valence-electron chi connectivity index (χ3n) is 0.689. The van der Waals surface area contributed by atoms with Crippen molar-refractivity contribution in [1.82, 2.24) is 0 Å². The molecule has 0 rings (SSSR count). The SMILES string of the molecule is C=C(C#N)C(=O)OCOC. The molecule has 0 saturated carbocycles. The number of nitriles is 1. The van der Waals surface area contributed by atoms with Gasteiger partial charge in [-0.3, -0.25) is 0 Å². The number of nitrogens with zero attached hydrogens (tertiary/aromatic N) is 1. The van der Waals surface area contributed by atoms with Crippen LogP contribution in [0.15, 0.2) is 12.2 Å². The Balaban J connectivity index is 3.66. The quantitative estimate of drug-likeness (QED) is 0.244. The highest BCUT2D eigenvalue weighted by Gasteiger charge is 2.05. The van der Waals surface area contributed by atoms with E-state index in [0.717, 1.165) is 0 Å². The molecule has 0 atom stereocenters. The second-order valence-corrected chi connectivity index (χ2v) is 1.43. The van der Waals surface area contributed by atoms with Crippen LogP contribution in [0, 0.1) is 11.3 Å². The van der Waals surface area contributed by atoms with Crippen molar-refractivity contribution in [2.75, 3.05) is 13.9 Å². The van der Waals surface area contributed by atoms with Crippen molar-refractivity contribution in [1.29, 1.82) is 5.26 Å². The van der Waals surface area contributed by atoms with Crippen LogP contribution in [-0.4, -0.2) is 19.9 Å². The molecule has 4 nitrogen and oxygen atoms in total.